The Morgan fingerprint density at radius 2 is 0.886 bits per heavy atom. The highest BCUT2D eigenvalue weighted by Crippen LogP contribution is 2.48. The van der Waals surface area contributed by atoms with E-state index in [2.05, 4.69) is 97.0 Å². The van der Waals surface area contributed by atoms with Crippen LogP contribution in [0.15, 0.2) is 72.8 Å². The lowest BCUT2D eigenvalue weighted by Gasteiger charge is -2.38. The number of aryl methyl sites for hydroxylation is 4. The Morgan fingerprint density at radius 3 is 1.20 bits per heavy atom. The molecule has 4 rings (SSSR count). The summed E-state index contributed by atoms with van der Waals surface area (Å²) in [7, 11) is 0. The number of aromatic hydroxyl groups is 2. The standard InChI is InChI=1S/C33H36O2/c1-20(2)33(7,31-10-8-27(34)18-29(31)25-14-21(3)12-22(4)15-25)32-11-9-28(35)19-30(32)26-16-23(5)13-24(6)17-26/h8-20,34-35H,1-7H3. The van der Waals surface area contributed by atoms with Crippen molar-refractivity contribution < 1.29 is 10.2 Å². The van der Waals surface area contributed by atoms with Crippen molar-refractivity contribution in [1.29, 1.82) is 0 Å². The van der Waals surface area contributed by atoms with E-state index in [1.54, 1.807) is 12.1 Å². The summed E-state index contributed by atoms with van der Waals surface area (Å²) in [6.07, 6.45) is 0. The Hall–Kier alpha value is -3.52. The third-order valence-electron chi connectivity index (χ3n) is 7.35. The molecule has 0 saturated heterocycles. The van der Waals surface area contributed by atoms with E-state index in [4.69, 9.17) is 0 Å². The Labute approximate surface area is 209 Å². The second-order valence-electron chi connectivity index (χ2n) is 10.6. The first kappa shape index (κ1) is 24.6. The molecule has 4 aromatic carbocycles. The van der Waals surface area contributed by atoms with Crippen molar-refractivity contribution in [1.82, 2.24) is 0 Å². The highest BCUT2D eigenvalue weighted by Gasteiger charge is 2.37. The van der Waals surface area contributed by atoms with Crippen LogP contribution in [0.1, 0.15) is 54.2 Å². The second kappa shape index (κ2) is 9.26. The average Bonchev–Trinajstić information content (AvgIpc) is 2.77. The zero-order chi connectivity index (χ0) is 25.5. The molecule has 0 unspecified atom stereocenters. The molecule has 0 heterocycles. The Morgan fingerprint density at radius 1 is 0.543 bits per heavy atom. The fourth-order valence-electron chi connectivity index (χ4n) is 5.48. The molecule has 0 atom stereocenters. The van der Waals surface area contributed by atoms with Crippen LogP contribution in [0, 0.1) is 33.6 Å². The summed E-state index contributed by atoms with van der Waals surface area (Å²) in [6, 6.07) is 24.6. The molecule has 0 saturated carbocycles. The number of phenolic OH excluding ortho intramolecular Hbond substituents is 2. The van der Waals surface area contributed by atoms with Gasteiger partial charge in [-0.25, -0.2) is 0 Å². The number of phenols is 2. The fourth-order valence-corrected chi connectivity index (χ4v) is 5.48. The summed E-state index contributed by atoms with van der Waals surface area (Å²) >= 11 is 0. The molecule has 0 amide bonds. The van der Waals surface area contributed by atoms with Crippen LogP contribution in [0.3, 0.4) is 0 Å². The van der Waals surface area contributed by atoms with Crippen molar-refractivity contribution in [3.8, 4) is 33.8 Å². The Kier molecular flexibility index (Phi) is 6.51. The molecule has 0 spiro atoms. The van der Waals surface area contributed by atoms with Crippen LogP contribution in [-0.2, 0) is 5.41 Å². The maximum atomic E-state index is 10.5. The van der Waals surface area contributed by atoms with E-state index in [0.29, 0.717) is 0 Å². The molecule has 0 aliphatic carbocycles. The van der Waals surface area contributed by atoms with Gasteiger partial charge in [-0.3, -0.25) is 0 Å². The van der Waals surface area contributed by atoms with Crippen LogP contribution in [0.25, 0.3) is 22.3 Å². The number of benzene rings is 4. The van der Waals surface area contributed by atoms with Crippen molar-refractivity contribution in [3.05, 3.63) is 106 Å². The van der Waals surface area contributed by atoms with E-state index < -0.39 is 0 Å². The van der Waals surface area contributed by atoms with Gasteiger partial charge in [0.15, 0.2) is 0 Å². The molecule has 2 heteroatoms. The topological polar surface area (TPSA) is 40.5 Å². The molecule has 0 bridgehead atoms. The molecule has 0 radical (unpaired) electrons. The van der Waals surface area contributed by atoms with Gasteiger partial charge in [-0.15, -0.1) is 0 Å². The van der Waals surface area contributed by atoms with Gasteiger partial charge in [0.25, 0.3) is 0 Å². The van der Waals surface area contributed by atoms with Gasteiger partial charge in [-0.1, -0.05) is 91.6 Å². The van der Waals surface area contributed by atoms with Crippen molar-refractivity contribution in [3.63, 3.8) is 0 Å². The van der Waals surface area contributed by atoms with E-state index in [-0.39, 0.29) is 22.8 Å². The molecule has 0 aromatic heterocycles. The van der Waals surface area contributed by atoms with Crippen molar-refractivity contribution in [2.45, 2.75) is 53.9 Å². The molecule has 0 aliphatic rings. The zero-order valence-electron chi connectivity index (χ0n) is 21.9. The molecule has 180 valence electrons. The van der Waals surface area contributed by atoms with Crippen LogP contribution in [0.2, 0.25) is 0 Å². The maximum absolute atomic E-state index is 10.5. The summed E-state index contributed by atoms with van der Waals surface area (Å²) in [4.78, 5) is 0. The number of hydrogen-bond donors (Lipinski definition) is 2. The molecule has 2 nitrogen and oxygen atoms in total. The van der Waals surface area contributed by atoms with Gasteiger partial charge >= 0.3 is 0 Å². The summed E-state index contributed by atoms with van der Waals surface area (Å²) in [5.74, 6) is 0.759. The van der Waals surface area contributed by atoms with Crippen LogP contribution >= 0.6 is 0 Å². The third kappa shape index (κ3) is 4.71. The predicted octanol–water partition coefficient (Wildman–Crippen LogP) is 8.63. The van der Waals surface area contributed by atoms with Crippen LogP contribution in [0.5, 0.6) is 11.5 Å². The second-order valence-corrected chi connectivity index (χ2v) is 10.6. The molecular weight excluding hydrogens is 428 g/mol. The highest BCUT2D eigenvalue weighted by molar-refractivity contribution is 5.77. The molecule has 2 N–H and O–H groups in total. The summed E-state index contributed by atoms with van der Waals surface area (Å²) in [5.41, 5.74) is 11.0. The summed E-state index contributed by atoms with van der Waals surface area (Å²) in [6.45, 7) is 15.2. The normalized spacial score (nSPS) is 11.8. The first-order chi connectivity index (χ1) is 16.5. The van der Waals surface area contributed by atoms with Gasteiger partial charge in [-0.2, -0.15) is 0 Å². The number of hydrogen-bond acceptors (Lipinski definition) is 2. The lowest BCUT2D eigenvalue weighted by Crippen LogP contribution is -2.31. The first-order valence-corrected chi connectivity index (χ1v) is 12.3. The predicted molar refractivity (Wildman–Crippen MR) is 147 cm³/mol. The fraction of sp³-hybridized carbons (Fsp3) is 0.273. The van der Waals surface area contributed by atoms with Crippen LogP contribution < -0.4 is 0 Å². The molecule has 35 heavy (non-hydrogen) atoms. The van der Waals surface area contributed by atoms with Gasteiger partial charge in [0.1, 0.15) is 11.5 Å². The quantitative estimate of drug-likeness (QED) is 0.310. The minimum atomic E-state index is -0.388. The number of rotatable bonds is 5. The van der Waals surface area contributed by atoms with Crippen molar-refractivity contribution >= 4 is 0 Å². The van der Waals surface area contributed by atoms with Gasteiger partial charge in [-0.05, 0) is 91.3 Å². The Balaban J connectivity index is 2.05. The van der Waals surface area contributed by atoms with E-state index >= 15 is 0 Å². The summed E-state index contributed by atoms with van der Waals surface area (Å²) < 4.78 is 0. The lowest BCUT2D eigenvalue weighted by atomic mass is 9.65. The van der Waals surface area contributed by atoms with E-state index in [1.807, 2.05) is 12.1 Å². The van der Waals surface area contributed by atoms with Crippen LogP contribution in [-0.4, -0.2) is 10.2 Å². The monoisotopic (exact) mass is 464 g/mol. The van der Waals surface area contributed by atoms with Gasteiger partial charge in [0.05, 0.1) is 0 Å². The largest absolute Gasteiger partial charge is 0.508 e. The zero-order valence-corrected chi connectivity index (χ0v) is 21.9. The van der Waals surface area contributed by atoms with Gasteiger partial charge in [0.2, 0.25) is 0 Å². The SMILES string of the molecule is Cc1cc(C)cc(-c2cc(O)ccc2C(C)(c2ccc(O)cc2-c2cc(C)cc(C)c2)C(C)C)c1. The summed E-state index contributed by atoms with van der Waals surface area (Å²) in [5, 5.41) is 21.0. The van der Waals surface area contributed by atoms with E-state index in [9.17, 15) is 10.2 Å². The molecule has 0 fully saturated rings. The van der Waals surface area contributed by atoms with Crippen molar-refractivity contribution in [2.24, 2.45) is 5.92 Å². The maximum Gasteiger partial charge on any atom is 0.116 e. The minimum Gasteiger partial charge on any atom is -0.508 e. The van der Waals surface area contributed by atoms with Gasteiger partial charge < -0.3 is 10.2 Å². The molecular formula is C33H36O2. The van der Waals surface area contributed by atoms with Gasteiger partial charge in [0, 0.05) is 5.41 Å². The molecule has 0 aliphatic heterocycles. The Bertz CT molecular complexity index is 1250. The average molecular weight is 465 g/mol. The minimum absolute atomic E-state index is 0.242. The smallest absolute Gasteiger partial charge is 0.116 e. The van der Waals surface area contributed by atoms with E-state index in [0.717, 1.165) is 33.4 Å². The van der Waals surface area contributed by atoms with Crippen LogP contribution in [0.4, 0.5) is 0 Å². The van der Waals surface area contributed by atoms with Crippen molar-refractivity contribution in [2.75, 3.05) is 0 Å². The first-order valence-electron chi connectivity index (χ1n) is 12.3. The molecule has 4 aromatic rings. The van der Waals surface area contributed by atoms with E-state index in [1.165, 1.54) is 22.3 Å². The third-order valence-corrected chi connectivity index (χ3v) is 7.35. The highest BCUT2D eigenvalue weighted by atomic mass is 16.3. The lowest BCUT2D eigenvalue weighted by molar-refractivity contribution is 0.405.